The molecule has 3 heterocycles. The molecule has 3 amide bonds. The quantitative estimate of drug-likeness (QED) is 0.760. The molecule has 4 rings (SSSR count). The number of piperidine rings is 2. The first kappa shape index (κ1) is 18.1. The van der Waals surface area contributed by atoms with E-state index >= 15 is 0 Å². The molecule has 144 valence electrons. The van der Waals surface area contributed by atoms with Crippen molar-refractivity contribution in [2.75, 3.05) is 20.1 Å². The van der Waals surface area contributed by atoms with E-state index in [2.05, 4.69) is 28.6 Å². The normalized spacial score (nSPS) is 25.7. The maximum atomic E-state index is 12.9. The van der Waals surface area contributed by atoms with Gasteiger partial charge in [0.1, 0.15) is 6.04 Å². The van der Waals surface area contributed by atoms with Gasteiger partial charge in [0.2, 0.25) is 11.8 Å². The molecule has 2 atom stereocenters. The van der Waals surface area contributed by atoms with Crippen molar-refractivity contribution < 1.29 is 14.4 Å². The van der Waals surface area contributed by atoms with Gasteiger partial charge in [-0.25, -0.2) is 0 Å². The number of imide groups is 1. The zero-order valence-corrected chi connectivity index (χ0v) is 15.7. The van der Waals surface area contributed by atoms with E-state index in [0.717, 1.165) is 30.8 Å². The van der Waals surface area contributed by atoms with Crippen LogP contribution in [0.25, 0.3) is 0 Å². The van der Waals surface area contributed by atoms with E-state index in [0.29, 0.717) is 24.6 Å². The highest BCUT2D eigenvalue weighted by atomic mass is 16.2. The highest BCUT2D eigenvalue weighted by molar-refractivity contribution is 6.05. The van der Waals surface area contributed by atoms with Crippen LogP contribution in [-0.2, 0) is 22.7 Å². The Hall–Kier alpha value is -2.25. The van der Waals surface area contributed by atoms with Gasteiger partial charge in [-0.1, -0.05) is 12.1 Å². The minimum atomic E-state index is -0.560. The molecule has 27 heavy (non-hydrogen) atoms. The molecule has 0 saturated carbocycles. The van der Waals surface area contributed by atoms with Crippen molar-refractivity contribution in [1.82, 2.24) is 20.4 Å². The summed E-state index contributed by atoms with van der Waals surface area (Å²) >= 11 is 0. The summed E-state index contributed by atoms with van der Waals surface area (Å²) in [5, 5.41) is 5.80. The highest BCUT2D eigenvalue weighted by Gasteiger charge is 2.39. The molecule has 1 aromatic carbocycles. The summed E-state index contributed by atoms with van der Waals surface area (Å²) in [6.07, 6.45) is 3.04. The third-order valence-corrected chi connectivity index (χ3v) is 5.99. The standard InChI is InChI=1S/C20H26N4O3/c1-23(14-5-3-9-21-10-14)11-13-4-2-6-15-16(13)12-24(20(15)27)17-7-8-18(25)22-19(17)26/h2,4,6,14,17,21H,3,5,7-12H2,1H3,(H,22,25,26)/t14-,17?/m0/s1. The first-order chi connectivity index (χ1) is 13.0. The number of carbonyl (C=O) groups is 3. The Kier molecular flexibility index (Phi) is 4.97. The number of hydrogen-bond donors (Lipinski definition) is 2. The number of carbonyl (C=O) groups excluding carboxylic acids is 3. The van der Waals surface area contributed by atoms with Gasteiger partial charge in [0.25, 0.3) is 5.91 Å². The Morgan fingerprint density at radius 2 is 2.07 bits per heavy atom. The van der Waals surface area contributed by atoms with Gasteiger partial charge in [0.15, 0.2) is 0 Å². The fourth-order valence-corrected chi connectivity index (χ4v) is 4.41. The van der Waals surface area contributed by atoms with E-state index in [4.69, 9.17) is 0 Å². The van der Waals surface area contributed by atoms with Crippen molar-refractivity contribution in [2.24, 2.45) is 0 Å². The van der Waals surface area contributed by atoms with Crippen LogP contribution in [0.4, 0.5) is 0 Å². The molecule has 0 radical (unpaired) electrons. The Balaban J connectivity index is 1.52. The molecule has 3 aliphatic rings. The summed E-state index contributed by atoms with van der Waals surface area (Å²) in [4.78, 5) is 40.5. The topological polar surface area (TPSA) is 81.8 Å². The summed E-state index contributed by atoms with van der Waals surface area (Å²) in [5.74, 6) is -0.730. The second kappa shape index (κ2) is 7.40. The number of likely N-dealkylation sites (N-methyl/N-ethyl adjacent to an activating group) is 1. The van der Waals surface area contributed by atoms with Crippen molar-refractivity contribution in [3.63, 3.8) is 0 Å². The van der Waals surface area contributed by atoms with Crippen LogP contribution in [0.1, 0.15) is 47.2 Å². The van der Waals surface area contributed by atoms with Crippen LogP contribution in [-0.4, -0.2) is 59.7 Å². The molecule has 7 nitrogen and oxygen atoms in total. The molecule has 0 aromatic heterocycles. The predicted molar refractivity (Wildman–Crippen MR) is 99.8 cm³/mol. The van der Waals surface area contributed by atoms with E-state index in [1.165, 1.54) is 12.8 Å². The predicted octanol–water partition coefficient (Wildman–Crippen LogP) is 0.631. The van der Waals surface area contributed by atoms with Crippen LogP contribution in [0.15, 0.2) is 18.2 Å². The van der Waals surface area contributed by atoms with Gasteiger partial charge in [0, 0.05) is 37.7 Å². The van der Waals surface area contributed by atoms with Crippen molar-refractivity contribution in [3.8, 4) is 0 Å². The lowest BCUT2D eigenvalue weighted by molar-refractivity contribution is -0.136. The number of benzene rings is 1. The van der Waals surface area contributed by atoms with Gasteiger partial charge in [-0.2, -0.15) is 0 Å². The molecule has 0 spiro atoms. The van der Waals surface area contributed by atoms with E-state index in [1.807, 2.05) is 12.1 Å². The minimum Gasteiger partial charge on any atom is -0.322 e. The summed E-state index contributed by atoms with van der Waals surface area (Å²) < 4.78 is 0. The highest BCUT2D eigenvalue weighted by Crippen LogP contribution is 2.30. The second-order valence-electron chi connectivity index (χ2n) is 7.76. The number of nitrogens with one attached hydrogen (secondary N) is 2. The fraction of sp³-hybridized carbons (Fsp3) is 0.550. The molecule has 3 aliphatic heterocycles. The van der Waals surface area contributed by atoms with Gasteiger partial charge < -0.3 is 10.2 Å². The van der Waals surface area contributed by atoms with Crippen LogP contribution in [0.5, 0.6) is 0 Å². The van der Waals surface area contributed by atoms with E-state index < -0.39 is 6.04 Å². The molecule has 2 N–H and O–H groups in total. The van der Waals surface area contributed by atoms with E-state index in [1.54, 1.807) is 4.90 Å². The van der Waals surface area contributed by atoms with Gasteiger partial charge in [-0.15, -0.1) is 0 Å². The van der Waals surface area contributed by atoms with Crippen LogP contribution in [0.3, 0.4) is 0 Å². The largest absolute Gasteiger partial charge is 0.322 e. The lowest BCUT2D eigenvalue weighted by atomic mass is 10.0. The van der Waals surface area contributed by atoms with Crippen molar-refractivity contribution in [1.29, 1.82) is 0 Å². The first-order valence-electron chi connectivity index (χ1n) is 9.71. The third kappa shape index (κ3) is 3.49. The Morgan fingerprint density at radius 1 is 1.22 bits per heavy atom. The molecule has 0 bridgehead atoms. The van der Waals surface area contributed by atoms with Gasteiger partial charge >= 0.3 is 0 Å². The second-order valence-corrected chi connectivity index (χ2v) is 7.76. The molecule has 2 saturated heterocycles. The Morgan fingerprint density at radius 3 is 2.81 bits per heavy atom. The third-order valence-electron chi connectivity index (χ3n) is 5.99. The lowest BCUT2D eigenvalue weighted by Gasteiger charge is -2.32. The van der Waals surface area contributed by atoms with E-state index in [-0.39, 0.29) is 24.1 Å². The number of amides is 3. The molecule has 7 heteroatoms. The van der Waals surface area contributed by atoms with E-state index in [9.17, 15) is 14.4 Å². The number of fused-ring (bicyclic) bond motifs is 1. The number of hydrogen-bond acceptors (Lipinski definition) is 5. The maximum Gasteiger partial charge on any atom is 0.255 e. The van der Waals surface area contributed by atoms with Crippen molar-refractivity contribution in [3.05, 3.63) is 34.9 Å². The Bertz CT molecular complexity index is 772. The summed E-state index contributed by atoms with van der Waals surface area (Å²) in [6.45, 7) is 3.30. The summed E-state index contributed by atoms with van der Waals surface area (Å²) in [7, 11) is 2.13. The zero-order valence-electron chi connectivity index (χ0n) is 15.7. The molecule has 1 unspecified atom stereocenters. The number of nitrogens with zero attached hydrogens (tertiary/aromatic N) is 2. The fourth-order valence-electron chi connectivity index (χ4n) is 4.41. The van der Waals surface area contributed by atoms with Gasteiger partial charge in [-0.05, 0) is 50.0 Å². The average molecular weight is 370 g/mol. The lowest BCUT2D eigenvalue weighted by Crippen LogP contribution is -2.52. The molecule has 0 aliphatic carbocycles. The maximum absolute atomic E-state index is 12.9. The first-order valence-corrected chi connectivity index (χ1v) is 9.71. The van der Waals surface area contributed by atoms with Crippen LogP contribution < -0.4 is 10.6 Å². The monoisotopic (exact) mass is 370 g/mol. The van der Waals surface area contributed by atoms with Crippen molar-refractivity contribution in [2.45, 2.75) is 50.9 Å². The zero-order chi connectivity index (χ0) is 19.0. The molecule has 1 aromatic rings. The van der Waals surface area contributed by atoms with Crippen LogP contribution in [0, 0.1) is 0 Å². The van der Waals surface area contributed by atoms with Gasteiger partial charge in [0.05, 0.1) is 0 Å². The van der Waals surface area contributed by atoms with Crippen LogP contribution >= 0.6 is 0 Å². The Labute approximate surface area is 159 Å². The molecule has 2 fully saturated rings. The van der Waals surface area contributed by atoms with Crippen LogP contribution in [0.2, 0.25) is 0 Å². The number of rotatable bonds is 4. The van der Waals surface area contributed by atoms with Gasteiger partial charge in [-0.3, -0.25) is 24.6 Å². The average Bonchev–Trinajstić information content (AvgIpc) is 3.00. The smallest absolute Gasteiger partial charge is 0.255 e. The summed E-state index contributed by atoms with van der Waals surface area (Å²) in [6, 6.07) is 5.78. The SMILES string of the molecule is CN(Cc1cccc2c1CN(C1CCC(=O)NC1=O)C2=O)[C@H]1CCCNC1. The molecular formula is C20H26N4O3. The van der Waals surface area contributed by atoms with Crippen molar-refractivity contribution >= 4 is 17.7 Å². The summed E-state index contributed by atoms with van der Waals surface area (Å²) in [5.41, 5.74) is 2.85. The minimum absolute atomic E-state index is 0.108. The molecular weight excluding hydrogens is 344 g/mol.